The zero-order valence-electron chi connectivity index (χ0n) is 35.0. The summed E-state index contributed by atoms with van der Waals surface area (Å²) in [5, 5.41) is 7.78. The Kier molecular flexibility index (Phi) is 12.3. The van der Waals surface area contributed by atoms with Gasteiger partial charge in [0.2, 0.25) is 12.6 Å². The summed E-state index contributed by atoms with van der Waals surface area (Å²) in [7, 11) is 0. The van der Waals surface area contributed by atoms with Crippen LogP contribution in [0.25, 0.3) is 0 Å². The Hall–Kier alpha value is -2.08. The molecule has 53 heavy (non-hydrogen) atoms. The number of nitrogens with one attached hydrogen (secondary N) is 2. The first-order valence-electron chi connectivity index (χ1n) is 20.6. The van der Waals surface area contributed by atoms with E-state index >= 15 is 0 Å². The van der Waals surface area contributed by atoms with E-state index in [1.807, 2.05) is 6.92 Å². The van der Waals surface area contributed by atoms with E-state index in [1.54, 1.807) is 18.2 Å². The summed E-state index contributed by atoms with van der Waals surface area (Å²) in [5.41, 5.74) is 0.515. The van der Waals surface area contributed by atoms with E-state index in [0.29, 0.717) is 42.7 Å². The third-order valence-corrected chi connectivity index (χ3v) is 14.4. The maximum absolute atomic E-state index is 13.8. The van der Waals surface area contributed by atoms with Crippen molar-refractivity contribution in [2.24, 2.45) is 23.7 Å². The molecule has 0 amide bonds. The Morgan fingerprint density at radius 1 is 0.698 bits per heavy atom. The van der Waals surface area contributed by atoms with Crippen LogP contribution in [0, 0.1) is 30.6 Å². The van der Waals surface area contributed by atoms with Gasteiger partial charge in [0.05, 0.1) is 24.3 Å². The molecule has 4 saturated heterocycles. The summed E-state index contributed by atoms with van der Waals surface area (Å²) >= 11 is 0. The van der Waals surface area contributed by atoms with Crippen molar-refractivity contribution in [1.29, 1.82) is 0 Å². The first-order chi connectivity index (χ1) is 24.8. The lowest BCUT2D eigenvalue weighted by molar-refractivity contribution is -0.392. The quantitative estimate of drug-likeness (QED) is 0.227. The Balaban J connectivity index is 1.32. The monoisotopic (exact) mass is 743 g/mol. The zero-order valence-corrected chi connectivity index (χ0v) is 35.0. The molecule has 12 atom stereocenters. The first kappa shape index (κ1) is 42.1. The Morgan fingerprint density at radius 3 is 1.51 bits per heavy atom. The average molecular weight is 743 g/mol. The third kappa shape index (κ3) is 7.84. The lowest BCUT2D eigenvalue weighted by Crippen LogP contribution is -2.73. The van der Waals surface area contributed by atoms with Gasteiger partial charge in [-0.25, -0.2) is 9.59 Å². The van der Waals surface area contributed by atoms with Crippen LogP contribution in [0.1, 0.15) is 161 Å². The number of piperidine rings is 2. The molecule has 2 N–H and O–H groups in total. The number of carbonyl (C=O) groups excluding carboxylic acids is 2. The highest BCUT2D eigenvalue weighted by atomic mass is 16.8. The molecule has 0 bridgehead atoms. The molecule has 10 heteroatoms. The van der Waals surface area contributed by atoms with Crippen molar-refractivity contribution in [1.82, 2.24) is 10.6 Å². The van der Waals surface area contributed by atoms with Crippen molar-refractivity contribution >= 4 is 11.9 Å². The topological polar surface area (TPSA) is 114 Å². The fraction of sp³-hybridized carbons (Fsp3) is 0.814. The number of carbonyl (C=O) groups is 2. The predicted molar refractivity (Wildman–Crippen MR) is 205 cm³/mol. The van der Waals surface area contributed by atoms with Crippen LogP contribution in [0.3, 0.4) is 0 Å². The lowest BCUT2D eigenvalue weighted by atomic mass is 9.67. The molecule has 4 heterocycles. The van der Waals surface area contributed by atoms with E-state index < -0.39 is 36.1 Å². The zero-order chi connectivity index (χ0) is 39.2. The summed E-state index contributed by atoms with van der Waals surface area (Å²) in [5.74, 6) is -2.95. The molecular formula is C43H70N2O8. The minimum atomic E-state index is -0.891. The molecule has 12 unspecified atom stereocenters. The van der Waals surface area contributed by atoms with Crippen LogP contribution in [-0.2, 0) is 28.4 Å². The number of hydrogen-bond donors (Lipinski definition) is 2. The van der Waals surface area contributed by atoms with Crippen LogP contribution in [0.15, 0.2) is 18.2 Å². The van der Waals surface area contributed by atoms with Crippen molar-refractivity contribution in [3.05, 3.63) is 34.9 Å². The van der Waals surface area contributed by atoms with E-state index in [9.17, 15) is 9.59 Å². The van der Waals surface area contributed by atoms with E-state index in [2.05, 4.69) is 93.7 Å². The van der Waals surface area contributed by atoms with Crippen molar-refractivity contribution in [3.63, 3.8) is 0 Å². The molecule has 4 fully saturated rings. The van der Waals surface area contributed by atoms with Crippen LogP contribution < -0.4 is 10.6 Å². The van der Waals surface area contributed by atoms with Gasteiger partial charge < -0.3 is 39.1 Å². The highest BCUT2D eigenvalue weighted by Crippen LogP contribution is 2.51. The van der Waals surface area contributed by atoms with Gasteiger partial charge in [0.15, 0.2) is 11.6 Å². The second kappa shape index (κ2) is 15.5. The molecule has 0 radical (unpaired) electrons. The molecule has 0 saturated carbocycles. The maximum Gasteiger partial charge on any atom is 0.340 e. The van der Waals surface area contributed by atoms with Gasteiger partial charge in [0.25, 0.3) is 0 Å². The van der Waals surface area contributed by atoms with E-state index in [4.69, 9.17) is 28.4 Å². The highest BCUT2D eigenvalue weighted by Gasteiger charge is 2.61. The normalized spacial score (nSPS) is 43.1. The van der Waals surface area contributed by atoms with Crippen molar-refractivity contribution < 1.29 is 38.0 Å². The summed E-state index contributed by atoms with van der Waals surface area (Å²) in [4.78, 5) is 27.6. The summed E-state index contributed by atoms with van der Waals surface area (Å²) in [6.07, 6.45) is 4.87. The van der Waals surface area contributed by atoms with Gasteiger partial charge in [-0.15, -0.1) is 0 Å². The largest absolute Gasteiger partial charge is 0.432 e. The van der Waals surface area contributed by atoms with E-state index in [0.717, 1.165) is 38.5 Å². The van der Waals surface area contributed by atoms with Crippen molar-refractivity contribution in [2.45, 2.75) is 188 Å². The van der Waals surface area contributed by atoms with Gasteiger partial charge in [-0.2, -0.15) is 0 Å². The Bertz CT molecular complexity index is 1490. The third-order valence-electron chi connectivity index (χ3n) is 14.4. The Morgan fingerprint density at radius 2 is 1.13 bits per heavy atom. The standard InChI is InChI=1S/C43H70N2O8/c1-14-30-23-48-42(25-38(10,16-3)44-40(12,18-5)28(42)8)52-36(30)50-34(46)32-20-21-33(27(7)22-32)35(47)51-37-31(15-2)24-49-43(53-37)26-39(11,17-4)45-41(13,19-6)29(43)9/h20-22,28-31,36-37,44-45H,14-19,23-26H2,1-13H3. The highest BCUT2D eigenvalue weighted by molar-refractivity contribution is 5.94. The first-order valence-corrected chi connectivity index (χ1v) is 20.6. The molecule has 5 rings (SSSR count). The number of esters is 2. The molecule has 0 aliphatic carbocycles. The molecule has 4 aliphatic rings. The molecular weight excluding hydrogens is 672 g/mol. The average Bonchev–Trinajstić information content (AvgIpc) is 3.13. The van der Waals surface area contributed by atoms with Gasteiger partial charge in [-0.1, -0.05) is 55.4 Å². The maximum atomic E-state index is 13.8. The van der Waals surface area contributed by atoms with Crippen LogP contribution in [0.4, 0.5) is 0 Å². The molecule has 10 nitrogen and oxygen atoms in total. The minimum absolute atomic E-state index is 0.0119. The van der Waals surface area contributed by atoms with Gasteiger partial charge in [0, 0.05) is 58.7 Å². The van der Waals surface area contributed by atoms with E-state index in [1.165, 1.54) is 0 Å². The number of hydrogen-bond acceptors (Lipinski definition) is 10. The van der Waals surface area contributed by atoms with Gasteiger partial charge in [-0.3, -0.25) is 0 Å². The second-order valence-corrected chi connectivity index (χ2v) is 17.8. The molecule has 4 aliphatic heterocycles. The molecule has 0 aromatic heterocycles. The smallest absolute Gasteiger partial charge is 0.340 e. The van der Waals surface area contributed by atoms with Crippen LogP contribution in [-0.4, -0.2) is 71.5 Å². The summed E-state index contributed by atoms with van der Waals surface area (Å²) < 4.78 is 39.2. The minimum Gasteiger partial charge on any atom is -0.432 e. The van der Waals surface area contributed by atoms with Gasteiger partial charge in [-0.05, 0) is 96.9 Å². The van der Waals surface area contributed by atoms with Crippen LogP contribution in [0.2, 0.25) is 0 Å². The predicted octanol–water partition coefficient (Wildman–Crippen LogP) is 8.43. The van der Waals surface area contributed by atoms with Gasteiger partial charge in [0.1, 0.15) is 0 Å². The van der Waals surface area contributed by atoms with Gasteiger partial charge >= 0.3 is 11.9 Å². The van der Waals surface area contributed by atoms with Crippen LogP contribution in [0.5, 0.6) is 0 Å². The number of aryl methyl sites for hydroxylation is 1. The molecule has 1 aromatic carbocycles. The second-order valence-electron chi connectivity index (χ2n) is 17.8. The number of ether oxygens (including phenoxy) is 6. The number of benzene rings is 1. The van der Waals surface area contributed by atoms with E-state index in [-0.39, 0.29) is 45.8 Å². The fourth-order valence-corrected chi connectivity index (χ4v) is 9.43. The van der Waals surface area contributed by atoms with Crippen molar-refractivity contribution in [3.8, 4) is 0 Å². The fourth-order valence-electron chi connectivity index (χ4n) is 9.43. The Labute approximate surface area is 319 Å². The van der Waals surface area contributed by atoms with Crippen molar-refractivity contribution in [2.75, 3.05) is 13.2 Å². The molecule has 2 spiro atoms. The number of rotatable bonds is 10. The SMILES string of the molecule is CCC1COC2(CC(C)(CC)NC(C)(CC)C2C)OC1OC(=O)c1ccc(C(=O)OC2OC3(CC(C)(CC)NC(C)(CC)C3C)OCC2CC)c(C)c1. The summed E-state index contributed by atoms with van der Waals surface area (Å²) in [6, 6.07) is 4.98. The summed E-state index contributed by atoms with van der Waals surface area (Å²) in [6.45, 7) is 28.8. The molecule has 1 aromatic rings. The van der Waals surface area contributed by atoms with Crippen LogP contribution >= 0.6 is 0 Å². The lowest BCUT2D eigenvalue weighted by Gasteiger charge is -2.60. The molecule has 300 valence electrons.